The lowest BCUT2D eigenvalue weighted by atomic mass is 9.95. The second-order valence-electron chi connectivity index (χ2n) is 7.73. The van der Waals surface area contributed by atoms with E-state index in [0.29, 0.717) is 24.4 Å². The number of nitrogens with zero attached hydrogens (tertiary/aromatic N) is 1. The summed E-state index contributed by atoms with van der Waals surface area (Å²) in [4.78, 5) is 27.7. The zero-order valence-corrected chi connectivity index (χ0v) is 17.8. The number of nitrogens with one attached hydrogen (secondary N) is 2. The smallest absolute Gasteiger partial charge is 0.253 e. The summed E-state index contributed by atoms with van der Waals surface area (Å²) in [6.45, 7) is 4.91. The van der Waals surface area contributed by atoms with Crippen LogP contribution in [0.5, 0.6) is 0 Å². The molecule has 2 aromatic rings. The number of anilines is 2. The van der Waals surface area contributed by atoms with E-state index in [9.17, 15) is 9.59 Å². The van der Waals surface area contributed by atoms with Crippen molar-refractivity contribution < 1.29 is 14.3 Å². The number of piperidine rings is 1. The predicted octanol–water partition coefficient (Wildman–Crippen LogP) is 3.62. The third kappa shape index (κ3) is 5.83. The van der Waals surface area contributed by atoms with Crippen molar-refractivity contribution in [3.05, 3.63) is 59.7 Å². The normalized spacial score (nSPS) is 14.4. The van der Waals surface area contributed by atoms with Gasteiger partial charge in [0.1, 0.15) is 0 Å². The summed E-state index contributed by atoms with van der Waals surface area (Å²) < 4.78 is 5.00. The molecular formula is C24H31N3O3. The van der Waals surface area contributed by atoms with Crippen LogP contribution in [0.4, 0.5) is 11.4 Å². The predicted molar refractivity (Wildman–Crippen MR) is 120 cm³/mol. The number of hydrogen-bond donors (Lipinski definition) is 2. The fourth-order valence-electron chi connectivity index (χ4n) is 3.69. The summed E-state index contributed by atoms with van der Waals surface area (Å²) in [6, 6.07) is 15.7. The van der Waals surface area contributed by atoms with Crippen LogP contribution in [-0.2, 0) is 9.53 Å². The number of rotatable bonds is 8. The first-order valence-electron chi connectivity index (χ1n) is 10.6. The number of hydrogen-bond acceptors (Lipinski definition) is 4. The molecule has 1 heterocycles. The van der Waals surface area contributed by atoms with Gasteiger partial charge in [0.25, 0.3) is 5.91 Å². The number of carbonyl (C=O) groups excluding carboxylic acids is 2. The monoisotopic (exact) mass is 409 g/mol. The van der Waals surface area contributed by atoms with E-state index in [2.05, 4.69) is 46.7 Å². The molecule has 1 fully saturated rings. The topological polar surface area (TPSA) is 70.7 Å². The molecule has 2 amide bonds. The van der Waals surface area contributed by atoms with Gasteiger partial charge in [0.05, 0.1) is 11.3 Å². The Bertz CT molecular complexity index is 843. The Balaban J connectivity index is 1.55. The second-order valence-corrected chi connectivity index (χ2v) is 7.73. The number of benzene rings is 2. The van der Waals surface area contributed by atoms with E-state index < -0.39 is 0 Å². The molecule has 0 aliphatic carbocycles. The quantitative estimate of drug-likeness (QED) is 0.654. The number of ether oxygens (including phenoxy) is 1. The fourth-order valence-corrected chi connectivity index (χ4v) is 3.69. The van der Waals surface area contributed by atoms with Crippen LogP contribution in [0, 0.1) is 12.8 Å². The van der Waals surface area contributed by atoms with Crippen molar-refractivity contribution in [1.82, 2.24) is 5.32 Å². The van der Waals surface area contributed by atoms with Crippen molar-refractivity contribution in [3.8, 4) is 0 Å². The van der Waals surface area contributed by atoms with Gasteiger partial charge in [-0.3, -0.25) is 9.59 Å². The van der Waals surface area contributed by atoms with Gasteiger partial charge in [-0.05, 0) is 50.5 Å². The lowest BCUT2D eigenvalue weighted by Crippen LogP contribution is -2.38. The maximum absolute atomic E-state index is 12.9. The summed E-state index contributed by atoms with van der Waals surface area (Å²) in [5.41, 5.74) is 3.50. The van der Waals surface area contributed by atoms with E-state index in [1.165, 1.54) is 11.3 Å². The molecule has 0 atom stereocenters. The Morgan fingerprint density at radius 2 is 1.77 bits per heavy atom. The van der Waals surface area contributed by atoms with Gasteiger partial charge in [-0.1, -0.05) is 29.8 Å². The average Bonchev–Trinajstić information content (AvgIpc) is 2.77. The Hall–Kier alpha value is -2.86. The first-order chi connectivity index (χ1) is 14.6. The molecule has 2 aromatic carbocycles. The lowest BCUT2D eigenvalue weighted by molar-refractivity contribution is -0.120. The van der Waals surface area contributed by atoms with Gasteiger partial charge in [0.15, 0.2) is 0 Å². The van der Waals surface area contributed by atoms with Gasteiger partial charge >= 0.3 is 0 Å². The van der Waals surface area contributed by atoms with Gasteiger partial charge in [-0.2, -0.15) is 0 Å². The molecular weight excluding hydrogens is 378 g/mol. The Kier molecular flexibility index (Phi) is 7.85. The Labute approximate surface area is 178 Å². The van der Waals surface area contributed by atoms with Gasteiger partial charge in [0, 0.05) is 45.0 Å². The maximum Gasteiger partial charge on any atom is 0.253 e. The highest BCUT2D eigenvalue weighted by molar-refractivity contribution is 6.04. The molecule has 0 saturated carbocycles. The van der Waals surface area contributed by atoms with Crippen molar-refractivity contribution in [3.63, 3.8) is 0 Å². The van der Waals surface area contributed by atoms with Crippen molar-refractivity contribution in [2.45, 2.75) is 26.2 Å². The minimum absolute atomic E-state index is 0.0156. The van der Waals surface area contributed by atoms with Crippen LogP contribution in [0.25, 0.3) is 0 Å². The SMILES string of the molecule is COCCCNC(=O)c1ccccc1NC(=O)C1CCN(c2ccc(C)cc2)CC1. The average molecular weight is 410 g/mol. The highest BCUT2D eigenvalue weighted by Crippen LogP contribution is 2.25. The number of carbonyl (C=O) groups is 2. The molecule has 0 spiro atoms. The summed E-state index contributed by atoms with van der Waals surface area (Å²) in [6.07, 6.45) is 2.34. The molecule has 1 aliphatic heterocycles. The van der Waals surface area contributed by atoms with Crippen LogP contribution in [-0.4, -0.2) is 45.2 Å². The van der Waals surface area contributed by atoms with Crippen LogP contribution in [0.2, 0.25) is 0 Å². The van der Waals surface area contributed by atoms with Crippen molar-refractivity contribution in [2.24, 2.45) is 5.92 Å². The van der Waals surface area contributed by atoms with Gasteiger partial charge in [0.2, 0.25) is 5.91 Å². The molecule has 6 heteroatoms. The van der Waals surface area contributed by atoms with Crippen LogP contribution < -0.4 is 15.5 Å². The second kappa shape index (κ2) is 10.8. The highest BCUT2D eigenvalue weighted by Gasteiger charge is 2.26. The Morgan fingerprint density at radius 3 is 2.47 bits per heavy atom. The summed E-state index contributed by atoms with van der Waals surface area (Å²) >= 11 is 0. The molecule has 0 radical (unpaired) electrons. The molecule has 2 N–H and O–H groups in total. The van der Waals surface area contributed by atoms with Crippen molar-refractivity contribution in [1.29, 1.82) is 0 Å². The number of aryl methyl sites for hydroxylation is 1. The van der Waals surface area contributed by atoms with Crippen LogP contribution in [0.3, 0.4) is 0 Å². The molecule has 1 saturated heterocycles. The molecule has 6 nitrogen and oxygen atoms in total. The molecule has 160 valence electrons. The third-order valence-electron chi connectivity index (χ3n) is 5.51. The highest BCUT2D eigenvalue weighted by atomic mass is 16.5. The fraction of sp³-hybridized carbons (Fsp3) is 0.417. The summed E-state index contributed by atoms with van der Waals surface area (Å²) in [5.74, 6) is -0.251. The standard InChI is InChI=1S/C24H31N3O3/c1-18-8-10-20(11-9-18)27-15-12-19(13-16-27)23(28)26-22-7-4-3-6-21(22)24(29)25-14-5-17-30-2/h3-4,6-11,19H,5,12-17H2,1-2H3,(H,25,29)(H,26,28). The first-order valence-corrected chi connectivity index (χ1v) is 10.6. The third-order valence-corrected chi connectivity index (χ3v) is 5.51. The van der Waals surface area contributed by atoms with E-state index in [1.807, 2.05) is 6.07 Å². The maximum atomic E-state index is 12.9. The Morgan fingerprint density at radius 1 is 1.07 bits per heavy atom. The molecule has 0 bridgehead atoms. The van der Waals surface area contributed by atoms with E-state index in [4.69, 9.17) is 4.74 Å². The van der Waals surface area contributed by atoms with Gasteiger partial charge < -0.3 is 20.3 Å². The van der Waals surface area contributed by atoms with Crippen LogP contribution in [0.1, 0.15) is 35.2 Å². The number of para-hydroxylation sites is 1. The van der Waals surface area contributed by atoms with E-state index in [-0.39, 0.29) is 17.7 Å². The summed E-state index contributed by atoms with van der Waals surface area (Å²) in [5, 5.41) is 5.86. The number of amides is 2. The summed E-state index contributed by atoms with van der Waals surface area (Å²) in [7, 11) is 1.64. The van der Waals surface area contributed by atoms with Crippen LogP contribution in [0.15, 0.2) is 48.5 Å². The minimum atomic E-state index is -0.184. The molecule has 1 aliphatic rings. The molecule has 0 aromatic heterocycles. The number of methoxy groups -OCH3 is 1. The van der Waals surface area contributed by atoms with Crippen molar-refractivity contribution >= 4 is 23.2 Å². The van der Waals surface area contributed by atoms with E-state index >= 15 is 0 Å². The van der Waals surface area contributed by atoms with E-state index in [0.717, 1.165) is 32.4 Å². The first kappa shape index (κ1) is 21.8. The molecule has 0 unspecified atom stereocenters. The minimum Gasteiger partial charge on any atom is -0.385 e. The van der Waals surface area contributed by atoms with E-state index in [1.54, 1.807) is 25.3 Å². The van der Waals surface area contributed by atoms with Crippen molar-refractivity contribution in [2.75, 3.05) is 43.6 Å². The largest absolute Gasteiger partial charge is 0.385 e. The molecule has 3 rings (SSSR count). The zero-order valence-electron chi connectivity index (χ0n) is 17.8. The van der Waals surface area contributed by atoms with Gasteiger partial charge in [-0.25, -0.2) is 0 Å². The van der Waals surface area contributed by atoms with Gasteiger partial charge in [-0.15, -0.1) is 0 Å². The lowest BCUT2D eigenvalue weighted by Gasteiger charge is -2.33. The van der Waals surface area contributed by atoms with Crippen LogP contribution >= 0.6 is 0 Å². The zero-order chi connectivity index (χ0) is 21.3. The molecule has 30 heavy (non-hydrogen) atoms.